The van der Waals surface area contributed by atoms with Crippen LogP contribution in [0, 0.1) is 0 Å². The number of carbonyl (C=O) groups is 10. The second-order valence-electron chi connectivity index (χ2n) is 16.7. The summed E-state index contributed by atoms with van der Waals surface area (Å²) in [6.45, 7) is 4.16. The highest BCUT2D eigenvalue weighted by atomic mass is 32.2. The highest BCUT2D eigenvalue weighted by molar-refractivity contribution is 7.98. The van der Waals surface area contributed by atoms with E-state index in [1.54, 1.807) is 49.5 Å². The lowest BCUT2D eigenvalue weighted by molar-refractivity contribution is -0.138. The highest BCUT2D eigenvalue weighted by Crippen LogP contribution is 2.29. The van der Waals surface area contributed by atoms with Crippen LogP contribution in [0.4, 0.5) is 21.0 Å². The van der Waals surface area contributed by atoms with Crippen LogP contribution in [0.3, 0.4) is 0 Å². The number of carbonyl (C=O) groups excluding carboxylic acids is 10. The first kappa shape index (κ1) is 51.8. The van der Waals surface area contributed by atoms with Gasteiger partial charge in [0.2, 0.25) is 29.5 Å². The van der Waals surface area contributed by atoms with Gasteiger partial charge < -0.3 is 45.9 Å². The molecule has 1 fully saturated rings. The smallest absolute Gasteiger partial charge is 0.409 e. The number of ether oxygens (including phenoxy) is 2. The van der Waals surface area contributed by atoms with Crippen LogP contribution >= 0.6 is 11.8 Å². The minimum absolute atomic E-state index is 0.0215. The van der Waals surface area contributed by atoms with Gasteiger partial charge in [0.05, 0.1) is 13.2 Å². The van der Waals surface area contributed by atoms with E-state index in [1.807, 2.05) is 24.5 Å². The van der Waals surface area contributed by atoms with Crippen molar-refractivity contribution in [3.05, 3.63) is 101 Å². The summed E-state index contributed by atoms with van der Waals surface area (Å²) in [7, 11) is 1.60. The third-order valence-corrected chi connectivity index (χ3v) is 12.4. The van der Waals surface area contributed by atoms with E-state index in [0.29, 0.717) is 35.5 Å². The summed E-state index contributed by atoms with van der Waals surface area (Å²) >= 11 is 1.53. The fraction of sp³-hybridized carbons (Fsp3) is 0.375. The van der Waals surface area contributed by atoms with Gasteiger partial charge in [-0.2, -0.15) is 0 Å². The van der Waals surface area contributed by atoms with Crippen molar-refractivity contribution in [1.29, 1.82) is 0 Å². The van der Waals surface area contributed by atoms with Gasteiger partial charge in [-0.25, -0.2) is 9.59 Å². The largest absolute Gasteiger partial charge is 0.445 e. The molecule has 3 aromatic rings. The van der Waals surface area contributed by atoms with Gasteiger partial charge in [0.25, 0.3) is 17.7 Å². The van der Waals surface area contributed by atoms with E-state index in [0.717, 1.165) is 38.6 Å². The number of nitrogens with zero attached hydrogens (tertiary/aromatic N) is 3. The molecule has 11 amide bonds. The number of thioether (sulfide) groups is 1. The Balaban J connectivity index is 0.833. The fourth-order valence-corrected chi connectivity index (χ4v) is 8.22. The van der Waals surface area contributed by atoms with Gasteiger partial charge in [-0.1, -0.05) is 30.3 Å². The molecule has 370 valence electrons. The zero-order valence-electron chi connectivity index (χ0n) is 39.1. The van der Waals surface area contributed by atoms with Crippen molar-refractivity contribution in [3.63, 3.8) is 0 Å². The zero-order chi connectivity index (χ0) is 50.5. The Morgan fingerprint density at radius 1 is 0.843 bits per heavy atom. The predicted octanol–water partition coefficient (Wildman–Crippen LogP) is 2.58. The van der Waals surface area contributed by atoms with Crippen LogP contribution in [-0.2, 0) is 69.2 Å². The van der Waals surface area contributed by atoms with Crippen molar-refractivity contribution in [2.24, 2.45) is 0 Å². The van der Waals surface area contributed by atoms with Crippen molar-refractivity contribution in [3.8, 4) is 0 Å². The van der Waals surface area contributed by atoms with Gasteiger partial charge in [0.1, 0.15) is 24.7 Å². The highest BCUT2D eigenvalue weighted by Gasteiger charge is 2.39. The van der Waals surface area contributed by atoms with E-state index in [1.165, 1.54) is 35.4 Å². The maximum absolute atomic E-state index is 13.0. The molecular weight excluding hydrogens is 927 g/mol. The zero-order valence-corrected chi connectivity index (χ0v) is 39.9. The van der Waals surface area contributed by atoms with Crippen molar-refractivity contribution < 1.29 is 57.4 Å². The molecule has 0 bridgehead atoms. The first-order valence-corrected chi connectivity index (χ1v) is 23.7. The molecule has 1 unspecified atom stereocenters. The number of imide groups is 2. The van der Waals surface area contributed by atoms with Gasteiger partial charge in [0.15, 0.2) is 0 Å². The number of piperidine rings is 1. The molecule has 0 aliphatic carbocycles. The van der Waals surface area contributed by atoms with Gasteiger partial charge in [-0.05, 0) is 85.5 Å². The second-order valence-corrected chi connectivity index (χ2v) is 17.5. The Bertz CT molecular complexity index is 2550. The summed E-state index contributed by atoms with van der Waals surface area (Å²) in [6, 6.07) is 14.4. The summed E-state index contributed by atoms with van der Waals surface area (Å²) in [5, 5.41) is 15.7. The van der Waals surface area contributed by atoms with Crippen molar-refractivity contribution in [1.82, 2.24) is 36.0 Å². The fourth-order valence-electron chi connectivity index (χ4n) is 7.54. The molecule has 70 heavy (non-hydrogen) atoms. The minimum atomic E-state index is -0.989. The Kier molecular flexibility index (Phi) is 17.8. The topological polar surface area (TPSA) is 271 Å². The van der Waals surface area contributed by atoms with Crippen LogP contribution in [0.1, 0.15) is 65.7 Å². The number of benzene rings is 3. The summed E-state index contributed by atoms with van der Waals surface area (Å²) < 4.78 is 11.3. The first-order valence-electron chi connectivity index (χ1n) is 22.5. The lowest BCUT2D eigenvalue weighted by Gasteiger charge is -2.29. The molecule has 3 aromatic carbocycles. The lowest BCUT2D eigenvalue weighted by Crippen LogP contribution is -2.52. The lowest BCUT2D eigenvalue weighted by atomic mass is 10.0. The number of hydrogen-bond donors (Lipinski definition) is 6. The molecule has 21 nitrogen and oxygen atoms in total. The van der Waals surface area contributed by atoms with Gasteiger partial charge in [-0.15, -0.1) is 11.8 Å². The summed E-state index contributed by atoms with van der Waals surface area (Å²) in [5.41, 5.74) is 4.76. The Morgan fingerprint density at radius 2 is 1.54 bits per heavy atom. The molecule has 6 rings (SSSR count). The second kappa shape index (κ2) is 24.1. The molecule has 3 aliphatic rings. The molecular formula is C48H55N9O12S. The molecule has 0 radical (unpaired) electrons. The maximum Gasteiger partial charge on any atom is 0.409 e. The molecule has 3 atom stereocenters. The van der Waals surface area contributed by atoms with Crippen LogP contribution in [0.5, 0.6) is 0 Å². The van der Waals surface area contributed by atoms with E-state index in [9.17, 15) is 47.9 Å². The Morgan fingerprint density at radius 3 is 2.26 bits per heavy atom. The number of rotatable bonds is 21. The Labute approximate surface area is 407 Å². The molecule has 22 heteroatoms. The van der Waals surface area contributed by atoms with Crippen LogP contribution in [0.25, 0.3) is 0 Å². The van der Waals surface area contributed by atoms with Gasteiger partial charge in [0, 0.05) is 80.1 Å². The van der Waals surface area contributed by atoms with E-state index in [-0.39, 0.29) is 70.5 Å². The third kappa shape index (κ3) is 14.0. The SMILES string of the molecule is CSc1cc(NC(=O)NCc2ccc3c(c2)CN(C2CCC(=O)NC2=O)C3=O)ccc1CCOCCN(C)C(=O)OCc1ccc(NC(=O)[C@H](C)NC(=O)[C@H](C)NC(=O)CCN2C(=O)C=CC2=O)cc1. The Hall–Kier alpha value is -7.59. The van der Waals surface area contributed by atoms with Gasteiger partial charge in [-0.3, -0.25) is 48.6 Å². The summed E-state index contributed by atoms with van der Waals surface area (Å²) in [5.74, 6) is -3.76. The van der Waals surface area contributed by atoms with Crippen LogP contribution in [0.15, 0.2) is 77.7 Å². The van der Waals surface area contributed by atoms with Crippen LogP contribution in [-0.4, -0.2) is 132 Å². The normalized spacial score (nSPS) is 16.0. The molecule has 0 spiro atoms. The molecule has 0 saturated carbocycles. The number of anilines is 2. The molecule has 3 heterocycles. The number of amides is 11. The minimum Gasteiger partial charge on any atom is -0.445 e. The third-order valence-electron chi connectivity index (χ3n) is 11.6. The average Bonchev–Trinajstić information content (AvgIpc) is 3.84. The molecule has 1 saturated heterocycles. The van der Waals surface area contributed by atoms with E-state index in [4.69, 9.17) is 9.47 Å². The van der Waals surface area contributed by atoms with E-state index < -0.39 is 65.7 Å². The van der Waals surface area contributed by atoms with Crippen LogP contribution < -0.4 is 31.9 Å². The number of fused-ring (bicyclic) bond motifs is 1. The number of nitrogens with one attached hydrogen (secondary N) is 6. The van der Waals surface area contributed by atoms with Crippen molar-refractivity contribution in [2.45, 2.75) is 82.2 Å². The van der Waals surface area contributed by atoms with Gasteiger partial charge >= 0.3 is 12.1 Å². The number of urea groups is 1. The molecule has 3 aliphatic heterocycles. The number of hydrogen-bond acceptors (Lipinski definition) is 13. The summed E-state index contributed by atoms with van der Waals surface area (Å²) in [4.78, 5) is 128. The first-order chi connectivity index (χ1) is 33.5. The standard InChI is InChI=1S/C48H55N9O12S/c1-28(50-40(59)17-19-56-41(60)15-16-42(56)61)43(62)51-29(2)44(63)52-34-9-5-30(6-10-34)27-69-48(67)55(3)20-22-68-21-18-32-8-11-35(24-38(32)70-4)53-47(66)49-25-31-7-12-36-33(23-31)26-57(46(36)65)37-13-14-39(58)54-45(37)64/h5-12,15-16,23-24,28-29,37H,13-14,17-22,25-27H2,1-4H3,(H,50,59)(H,51,62)(H,52,63)(H2,49,53,66)(H,54,58,64)/t28-,29-,37?/m0/s1. The van der Waals surface area contributed by atoms with E-state index >= 15 is 0 Å². The van der Waals surface area contributed by atoms with Crippen molar-refractivity contribution in [2.75, 3.05) is 50.2 Å². The maximum atomic E-state index is 13.0. The monoisotopic (exact) mass is 981 g/mol. The van der Waals surface area contributed by atoms with E-state index in [2.05, 4.69) is 31.9 Å². The quantitative estimate of drug-likeness (QED) is 0.0510. The molecule has 6 N–H and O–H groups in total. The number of likely N-dealkylation sites (N-methyl/N-ethyl adjacent to an activating group) is 1. The predicted molar refractivity (Wildman–Crippen MR) is 255 cm³/mol. The average molecular weight is 982 g/mol. The molecule has 0 aromatic heterocycles. The van der Waals surface area contributed by atoms with Crippen LogP contribution in [0.2, 0.25) is 0 Å². The van der Waals surface area contributed by atoms with Crippen molar-refractivity contribution >= 4 is 82.5 Å². The summed E-state index contributed by atoms with van der Waals surface area (Å²) in [6.07, 6.45) is 4.48.